The zero-order chi connectivity index (χ0) is 20.7. The Morgan fingerprint density at radius 2 is 1.67 bits per heavy atom. The van der Waals surface area contributed by atoms with Crippen LogP contribution in [0, 0.1) is 6.92 Å². The number of carbonyl (C=O) groups is 2. The number of aromatic amines is 1. The van der Waals surface area contributed by atoms with E-state index >= 15 is 0 Å². The fraction of sp³-hybridized carbons (Fsp3) is 0.120. The number of amides is 2. The lowest BCUT2D eigenvalue weighted by Crippen LogP contribution is -2.36. The minimum Gasteiger partial charge on any atom is -0.358 e. The molecule has 148 valence electrons. The van der Waals surface area contributed by atoms with Crippen molar-refractivity contribution in [2.75, 3.05) is 11.9 Å². The van der Waals surface area contributed by atoms with E-state index in [1.165, 1.54) is 0 Å². The highest BCUT2D eigenvalue weighted by atomic mass is 16.2. The van der Waals surface area contributed by atoms with E-state index in [0.717, 1.165) is 27.7 Å². The Morgan fingerprint density at radius 1 is 0.967 bits per heavy atom. The van der Waals surface area contributed by atoms with Gasteiger partial charge in [-0.25, -0.2) is 0 Å². The summed E-state index contributed by atoms with van der Waals surface area (Å²) in [5.74, 6) is -0.339. The lowest BCUT2D eigenvalue weighted by atomic mass is 9.95. The van der Waals surface area contributed by atoms with Crippen LogP contribution in [0.15, 0.2) is 78.9 Å². The van der Waals surface area contributed by atoms with Gasteiger partial charge in [-0.05, 0) is 36.8 Å². The number of H-pyrrole nitrogens is 1. The molecule has 0 unspecified atom stereocenters. The van der Waals surface area contributed by atoms with Crippen LogP contribution in [0.3, 0.4) is 0 Å². The average Bonchev–Trinajstić information content (AvgIpc) is 3.22. The zero-order valence-corrected chi connectivity index (χ0v) is 16.6. The summed E-state index contributed by atoms with van der Waals surface area (Å²) in [6.45, 7) is 2.00. The predicted molar refractivity (Wildman–Crippen MR) is 117 cm³/mol. The molecule has 1 atom stereocenters. The molecule has 0 saturated heterocycles. The van der Waals surface area contributed by atoms with Crippen molar-refractivity contribution in [2.24, 2.45) is 0 Å². The molecule has 30 heavy (non-hydrogen) atoms. The van der Waals surface area contributed by atoms with Crippen LogP contribution in [0.5, 0.6) is 0 Å². The van der Waals surface area contributed by atoms with Gasteiger partial charge in [-0.15, -0.1) is 0 Å². The number of aromatic nitrogens is 1. The van der Waals surface area contributed by atoms with E-state index < -0.39 is 0 Å². The number of hydrogen-bond acceptors (Lipinski definition) is 2. The molecule has 0 spiro atoms. The third kappa shape index (κ3) is 2.95. The second-order valence-electron chi connectivity index (χ2n) is 7.55. The van der Waals surface area contributed by atoms with Crippen LogP contribution in [-0.4, -0.2) is 28.2 Å². The first kappa shape index (κ1) is 18.2. The number of anilines is 1. The van der Waals surface area contributed by atoms with Crippen molar-refractivity contribution < 1.29 is 9.59 Å². The zero-order valence-electron chi connectivity index (χ0n) is 16.6. The summed E-state index contributed by atoms with van der Waals surface area (Å²) >= 11 is 0. The smallest absolute Gasteiger partial charge is 0.255 e. The quantitative estimate of drug-likeness (QED) is 0.528. The number of benzene rings is 3. The molecule has 3 aromatic carbocycles. The Kier molecular flexibility index (Phi) is 4.36. The van der Waals surface area contributed by atoms with E-state index in [0.29, 0.717) is 11.3 Å². The summed E-state index contributed by atoms with van der Waals surface area (Å²) in [7, 11) is 0. The number of carbonyl (C=O) groups excluding carboxylic acids is 2. The van der Waals surface area contributed by atoms with Gasteiger partial charge in [-0.1, -0.05) is 54.6 Å². The highest BCUT2D eigenvalue weighted by Gasteiger charge is 2.40. The lowest BCUT2D eigenvalue weighted by molar-refractivity contribution is -0.117. The predicted octanol–water partition coefficient (Wildman–Crippen LogP) is 4.66. The SMILES string of the molecule is Cc1[nH]c2ccccc2c1[C@H]1c2ccccc2C(=O)N1CC(=O)Nc1ccccc1. The maximum absolute atomic E-state index is 13.3. The van der Waals surface area contributed by atoms with Crippen LogP contribution in [0.1, 0.15) is 33.2 Å². The molecule has 2 heterocycles. The molecule has 4 aromatic rings. The van der Waals surface area contributed by atoms with Gasteiger partial charge in [0.15, 0.2) is 0 Å². The van der Waals surface area contributed by atoms with Crippen molar-refractivity contribution in [2.45, 2.75) is 13.0 Å². The van der Waals surface area contributed by atoms with Crippen molar-refractivity contribution in [3.05, 3.63) is 101 Å². The van der Waals surface area contributed by atoms with Crippen molar-refractivity contribution in [3.8, 4) is 0 Å². The Morgan fingerprint density at radius 3 is 2.50 bits per heavy atom. The summed E-state index contributed by atoms with van der Waals surface area (Å²) in [5, 5.41) is 3.96. The molecule has 1 aliphatic rings. The van der Waals surface area contributed by atoms with Gasteiger partial charge < -0.3 is 15.2 Å². The van der Waals surface area contributed by atoms with Gasteiger partial charge in [0, 0.05) is 33.4 Å². The van der Waals surface area contributed by atoms with Gasteiger partial charge >= 0.3 is 0 Å². The summed E-state index contributed by atoms with van der Waals surface area (Å²) < 4.78 is 0. The number of rotatable bonds is 4. The molecular formula is C25H21N3O2. The fourth-order valence-electron chi connectivity index (χ4n) is 4.37. The highest BCUT2D eigenvalue weighted by molar-refractivity contribution is 6.04. The number of nitrogens with zero attached hydrogens (tertiary/aromatic N) is 1. The van der Waals surface area contributed by atoms with E-state index in [9.17, 15) is 9.59 Å². The molecule has 0 radical (unpaired) electrons. The molecular weight excluding hydrogens is 374 g/mol. The molecule has 2 amide bonds. The minimum atomic E-state index is -0.314. The normalized spacial score (nSPS) is 15.4. The van der Waals surface area contributed by atoms with E-state index in [1.807, 2.05) is 79.7 Å². The first-order valence-corrected chi connectivity index (χ1v) is 9.95. The molecule has 2 N–H and O–H groups in total. The first-order chi connectivity index (χ1) is 14.6. The highest BCUT2D eigenvalue weighted by Crippen LogP contribution is 2.42. The molecule has 0 aliphatic carbocycles. The van der Waals surface area contributed by atoms with Crippen LogP contribution in [-0.2, 0) is 4.79 Å². The van der Waals surface area contributed by atoms with Crippen molar-refractivity contribution in [1.82, 2.24) is 9.88 Å². The Labute approximate surface area is 174 Å². The molecule has 1 aliphatic heterocycles. The topological polar surface area (TPSA) is 65.2 Å². The van der Waals surface area contributed by atoms with Crippen LogP contribution in [0.4, 0.5) is 5.69 Å². The van der Waals surface area contributed by atoms with Crippen molar-refractivity contribution in [3.63, 3.8) is 0 Å². The molecule has 5 heteroatoms. The van der Waals surface area contributed by atoms with Crippen LogP contribution in [0.2, 0.25) is 0 Å². The average molecular weight is 395 g/mol. The van der Waals surface area contributed by atoms with E-state index in [4.69, 9.17) is 0 Å². The summed E-state index contributed by atoms with van der Waals surface area (Å²) in [4.78, 5) is 31.2. The van der Waals surface area contributed by atoms with Gasteiger partial charge in [0.2, 0.25) is 5.91 Å². The maximum atomic E-state index is 13.3. The maximum Gasteiger partial charge on any atom is 0.255 e. The number of hydrogen-bond donors (Lipinski definition) is 2. The van der Waals surface area contributed by atoms with Crippen molar-refractivity contribution >= 4 is 28.4 Å². The number of nitrogens with one attached hydrogen (secondary N) is 2. The van der Waals surface area contributed by atoms with E-state index in [1.54, 1.807) is 4.90 Å². The monoisotopic (exact) mass is 395 g/mol. The molecule has 5 nitrogen and oxygen atoms in total. The molecule has 0 bridgehead atoms. The van der Waals surface area contributed by atoms with Gasteiger partial charge in [-0.2, -0.15) is 0 Å². The van der Waals surface area contributed by atoms with Gasteiger partial charge in [-0.3, -0.25) is 9.59 Å². The number of fused-ring (bicyclic) bond motifs is 2. The van der Waals surface area contributed by atoms with Crippen LogP contribution >= 0.6 is 0 Å². The first-order valence-electron chi connectivity index (χ1n) is 9.95. The molecule has 1 aromatic heterocycles. The Bertz CT molecular complexity index is 1260. The van der Waals surface area contributed by atoms with Gasteiger partial charge in [0.25, 0.3) is 5.91 Å². The van der Waals surface area contributed by atoms with E-state index in [-0.39, 0.29) is 24.4 Å². The second kappa shape index (κ2) is 7.19. The standard InChI is InChI=1S/C25H21N3O2/c1-16-23(20-13-7-8-14-21(20)26-16)24-18-11-5-6-12-19(18)25(30)28(24)15-22(29)27-17-9-3-2-4-10-17/h2-14,24,26H,15H2,1H3,(H,27,29)/t24-/m1/s1. The summed E-state index contributed by atoms with van der Waals surface area (Å²) in [6, 6.07) is 24.7. The summed E-state index contributed by atoms with van der Waals surface area (Å²) in [6.07, 6.45) is 0. The number of aryl methyl sites for hydroxylation is 1. The van der Waals surface area contributed by atoms with E-state index in [2.05, 4.69) is 16.4 Å². The van der Waals surface area contributed by atoms with Crippen molar-refractivity contribution in [1.29, 1.82) is 0 Å². The van der Waals surface area contributed by atoms with Crippen LogP contribution < -0.4 is 5.32 Å². The Balaban J connectivity index is 1.56. The molecule has 5 rings (SSSR count). The van der Waals surface area contributed by atoms with Gasteiger partial charge in [0.1, 0.15) is 6.54 Å². The lowest BCUT2D eigenvalue weighted by Gasteiger charge is -2.25. The summed E-state index contributed by atoms with van der Waals surface area (Å²) in [5.41, 5.74) is 5.36. The fourth-order valence-corrected chi connectivity index (χ4v) is 4.37. The number of para-hydroxylation sites is 2. The largest absolute Gasteiger partial charge is 0.358 e. The Hall–Kier alpha value is -3.86. The molecule has 0 fully saturated rings. The van der Waals surface area contributed by atoms with Crippen LogP contribution in [0.25, 0.3) is 10.9 Å². The van der Waals surface area contributed by atoms with Gasteiger partial charge in [0.05, 0.1) is 6.04 Å². The second-order valence-corrected chi connectivity index (χ2v) is 7.55. The third-order valence-electron chi connectivity index (χ3n) is 5.65. The molecule has 0 saturated carbocycles. The minimum absolute atomic E-state index is 0.0218. The third-order valence-corrected chi connectivity index (χ3v) is 5.65.